The lowest BCUT2D eigenvalue weighted by Crippen LogP contribution is -2.23. The normalized spacial score (nSPS) is 10.5. The van der Waals surface area contributed by atoms with Gasteiger partial charge in [0.25, 0.3) is 0 Å². The summed E-state index contributed by atoms with van der Waals surface area (Å²) in [5.74, 6) is 1.31. The van der Waals surface area contributed by atoms with Crippen LogP contribution in [0.2, 0.25) is 0 Å². The van der Waals surface area contributed by atoms with Crippen molar-refractivity contribution in [3.63, 3.8) is 0 Å². The molecule has 1 aromatic heterocycles. The first-order chi connectivity index (χ1) is 6.68. The number of nitrogens with one attached hydrogen (secondary N) is 2. The van der Waals surface area contributed by atoms with Gasteiger partial charge in [-0.25, -0.2) is 4.98 Å². The lowest BCUT2D eigenvalue weighted by molar-refractivity contribution is -0.121. The lowest BCUT2D eigenvalue weighted by atomic mass is 10.1. The third-order valence-corrected chi connectivity index (χ3v) is 1.87. The van der Waals surface area contributed by atoms with Crippen LogP contribution in [0.3, 0.4) is 0 Å². The van der Waals surface area contributed by atoms with Crippen molar-refractivity contribution in [2.45, 2.75) is 33.2 Å². The molecule has 0 bridgehead atoms. The van der Waals surface area contributed by atoms with Crippen LogP contribution in [0.1, 0.15) is 32.5 Å². The highest BCUT2D eigenvalue weighted by Gasteiger charge is 2.03. The molecule has 0 spiro atoms. The average molecular weight is 196 g/mol. The van der Waals surface area contributed by atoms with E-state index in [9.17, 15) is 4.79 Å². The third kappa shape index (κ3) is 4.02. The monoisotopic (exact) mass is 196 g/mol. The molecule has 0 saturated carbocycles. The van der Waals surface area contributed by atoms with Crippen LogP contribution in [-0.2, 0) is 11.3 Å². The van der Waals surface area contributed by atoms with Gasteiger partial charge in [-0.3, -0.25) is 9.89 Å². The summed E-state index contributed by atoms with van der Waals surface area (Å²) in [5, 5.41) is 9.14. The van der Waals surface area contributed by atoms with Crippen LogP contribution in [0, 0.1) is 5.92 Å². The molecule has 0 saturated heterocycles. The van der Waals surface area contributed by atoms with Gasteiger partial charge in [0.15, 0.2) is 0 Å². The van der Waals surface area contributed by atoms with Crippen molar-refractivity contribution < 1.29 is 4.79 Å². The average Bonchev–Trinajstić information content (AvgIpc) is 2.63. The highest BCUT2D eigenvalue weighted by atomic mass is 16.1. The van der Waals surface area contributed by atoms with Gasteiger partial charge in [-0.1, -0.05) is 13.8 Å². The Morgan fingerprint density at radius 3 is 3.00 bits per heavy atom. The Bertz CT molecular complexity index is 268. The van der Waals surface area contributed by atoms with Gasteiger partial charge >= 0.3 is 0 Å². The molecule has 0 fully saturated rings. The molecule has 0 unspecified atom stereocenters. The molecule has 1 rings (SSSR count). The third-order valence-electron chi connectivity index (χ3n) is 1.87. The number of aromatic amines is 1. The van der Waals surface area contributed by atoms with E-state index in [4.69, 9.17) is 0 Å². The van der Waals surface area contributed by atoms with Crippen molar-refractivity contribution in [3.8, 4) is 0 Å². The molecule has 1 amide bonds. The zero-order valence-electron chi connectivity index (χ0n) is 8.58. The van der Waals surface area contributed by atoms with Gasteiger partial charge in [-0.2, -0.15) is 5.10 Å². The Hall–Kier alpha value is -1.39. The Morgan fingerprint density at radius 2 is 2.43 bits per heavy atom. The summed E-state index contributed by atoms with van der Waals surface area (Å²) in [4.78, 5) is 15.2. The van der Waals surface area contributed by atoms with E-state index in [1.54, 1.807) is 0 Å². The Kier molecular flexibility index (Phi) is 4.10. The maximum absolute atomic E-state index is 11.3. The standard InChI is InChI=1S/C9H16N4O/c1-7(2)3-4-9(14)10-5-8-11-6-12-13-8/h6-7H,3-5H2,1-2H3,(H,10,14)(H,11,12,13). The first kappa shape index (κ1) is 10.7. The fourth-order valence-electron chi connectivity index (χ4n) is 1.01. The van der Waals surface area contributed by atoms with E-state index in [-0.39, 0.29) is 5.91 Å². The summed E-state index contributed by atoms with van der Waals surface area (Å²) in [5.41, 5.74) is 0. The van der Waals surface area contributed by atoms with Gasteiger partial charge in [-0.05, 0) is 12.3 Å². The minimum Gasteiger partial charge on any atom is -0.349 e. The van der Waals surface area contributed by atoms with E-state index < -0.39 is 0 Å². The molecule has 14 heavy (non-hydrogen) atoms. The second-order valence-electron chi connectivity index (χ2n) is 3.64. The van der Waals surface area contributed by atoms with E-state index in [0.29, 0.717) is 24.7 Å². The molecule has 1 aromatic rings. The van der Waals surface area contributed by atoms with E-state index in [2.05, 4.69) is 34.3 Å². The van der Waals surface area contributed by atoms with Crippen molar-refractivity contribution in [2.24, 2.45) is 5.92 Å². The summed E-state index contributed by atoms with van der Waals surface area (Å²) < 4.78 is 0. The van der Waals surface area contributed by atoms with Crippen LogP contribution < -0.4 is 5.32 Å². The number of carbonyl (C=O) groups excluding carboxylic acids is 1. The van der Waals surface area contributed by atoms with Crippen LogP contribution in [0.15, 0.2) is 6.33 Å². The molecule has 0 aliphatic rings. The summed E-state index contributed by atoms with van der Waals surface area (Å²) in [6.07, 6.45) is 2.92. The molecule has 0 radical (unpaired) electrons. The zero-order chi connectivity index (χ0) is 10.4. The SMILES string of the molecule is CC(C)CCC(=O)NCc1ncn[nH]1. The number of aromatic nitrogens is 3. The number of hydrogen-bond acceptors (Lipinski definition) is 3. The maximum Gasteiger partial charge on any atom is 0.220 e. The van der Waals surface area contributed by atoms with Gasteiger partial charge in [0.05, 0.1) is 6.54 Å². The molecule has 78 valence electrons. The molecule has 2 N–H and O–H groups in total. The molecule has 0 aromatic carbocycles. The Labute approximate surface area is 83.3 Å². The maximum atomic E-state index is 11.3. The van der Waals surface area contributed by atoms with Gasteiger partial charge in [0, 0.05) is 6.42 Å². The molecule has 0 atom stereocenters. The van der Waals surface area contributed by atoms with Gasteiger partial charge < -0.3 is 5.32 Å². The predicted octanol–water partition coefficient (Wildman–Crippen LogP) is 0.857. The molecular formula is C9H16N4O. The van der Waals surface area contributed by atoms with E-state index in [0.717, 1.165) is 6.42 Å². The number of nitrogens with zero attached hydrogens (tertiary/aromatic N) is 2. The van der Waals surface area contributed by atoms with E-state index >= 15 is 0 Å². The minimum atomic E-state index is 0.0649. The van der Waals surface area contributed by atoms with E-state index in [1.165, 1.54) is 6.33 Å². The molecule has 0 aliphatic carbocycles. The summed E-state index contributed by atoms with van der Waals surface area (Å²) in [6, 6.07) is 0. The van der Waals surface area contributed by atoms with E-state index in [1.807, 2.05) is 0 Å². The summed E-state index contributed by atoms with van der Waals surface area (Å²) in [6.45, 7) is 4.63. The highest BCUT2D eigenvalue weighted by molar-refractivity contribution is 5.75. The Morgan fingerprint density at radius 1 is 1.64 bits per heavy atom. The largest absolute Gasteiger partial charge is 0.349 e. The molecule has 5 nitrogen and oxygen atoms in total. The molecule has 1 heterocycles. The summed E-state index contributed by atoms with van der Waals surface area (Å²) in [7, 11) is 0. The van der Waals surface area contributed by atoms with Crippen molar-refractivity contribution in [1.82, 2.24) is 20.5 Å². The van der Waals surface area contributed by atoms with Gasteiger partial charge in [0.1, 0.15) is 12.2 Å². The fourth-order valence-corrected chi connectivity index (χ4v) is 1.01. The van der Waals surface area contributed by atoms with Crippen LogP contribution in [0.5, 0.6) is 0 Å². The quantitative estimate of drug-likeness (QED) is 0.733. The number of rotatable bonds is 5. The van der Waals surface area contributed by atoms with Crippen molar-refractivity contribution in [3.05, 3.63) is 12.2 Å². The predicted molar refractivity (Wildman–Crippen MR) is 52.3 cm³/mol. The lowest BCUT2D eigenvalue weighted by Gasteiger charge is -2.04. The topological polar surface area (TPSA) is 70.7 Å². The van der Waals surface area contributed by atoms with Crippen molar-refractivity contribution in [2.75, 3.05) is 0 Å². The summed E-state index contributed by atoms with van der Waals surface area (Å²) >= 11 is 0. The van der Waals surface area contributed by atoms with Gasteiger partial charge in [0.2, 0.25) is 5.91 Å². The first-order valence-electron chi connectivity index (χ1n) is 4.79. The molecular weight excluding hydrogens is 180 g/mol. The second-order valence-corrected chi connectivity index (χ2v) is 3.64. The smallest absolute Gasteiger partial charge is 0.220 e. The van der Waals surface area contributed by atoms with Crippen LogP contribution in [0.25, 0.3) is 0 Å². The molecule has 5 heteroatoms. The molecule has 0 aliphatic heterocycles. The zero-order valence-corrected chi connectivity index (χ0v) is 8.58. The highest BCUT2D eigenvalue weighted by Crippen LogP contribution is 2.02. The Balaban J connectivity index is 2.15. The van der Waals surface area contributed by atoms with Crippen LogP contribution >= 0.6 is 0 Å². The minimum absolute atomic E-state index is 0.0649. The van der Waals surface area contributed by atoms with Gasteiger partial charge in [-0.15, -0.1) is 0 Å². The van der Waals surface area contributed by atoms with Crippen LogP contribution in [-0.4, -0.2) is 21.1 Å². The fraction of sp³-hybridized carbons (Fsp3) is 0.667. The van der Waals surface area contributed by atoms with Crippen LogP contribution in [0.4, 0.5) is 0 Å². The number of amides is 1. The number of hydrogen-bond donors (Lipinski definition) is 2. The number of H-pyrrole nitrogens is 1. The van der Waals surface area contributed by atoms with Crippen molar-refractivity contribution in [1.29, 1.82) is 0 Å². The van der Waals surface area contributed by atoms with Crippen molar-refractivity contribution >= 4 is 5.91 Å². The first-order valence-corrected chi connectivity index (χ1v) is 4.79. The second kappa shape index (κ2) is 5.36. The number of carbonyl (C=O) groups is 1.